The predicted molar refractivity (Wildman–Crippen MR) is 116 cm³/mol. The van der Waals surface area contributed by atoms with Crippen LogP contribution in [0.15, 0.2) is 54.6 Å². The number of carbonyl (C=O) groups is 2. The summed E-state index contributed by atoms with van der Waals surface area (Å²) in [5.41, 5.74) is 1.10. The molecule has 0 spiro atoms. The number of fused-ring (bicyclic) bond motifs is 1. The molecule has 4 nitrogen and oxygen atoms in total. The van der Waals surface area contributed by atoms with Crippen molar-refractivity contribution in [1.29, 1.82) is 0 Å². The fourth-order valence-corrected chi connectivity index (χ4v) is 4.61. The van der Waals surface area contributed by atoms with Crippen molar-refractivity contribution < 1.29 is 14.7 Å². The number of amides is 1. The molecule has 1 aromatic heterocycles. The Bertz CT molecular complexity index is 1110. The molecule has 0 saturated heterocycles. The van der Waals surface area contributed by atoms with E-state index in [0.717, 1.165) is 16.0 Å². The van der Waals surface area contributed by atoms with Gasteiger partial charge in [-0.05, 0) is 49.7 Å². The Morgan fingerprint density at radius 2 is 1.83 bits per heavy atom. The van der Waals surface area contributed by atoms with Crippen molar-refractivity contribution in [3.8, 4) is 0 Å². The maximum atomic E-state index is 13.3. The molecule has 3 aromatic rings. The molecule has 6 heteroatoms. The van der Waals surface area contributed by atoms with Gasteiger partial charge in [-0.15, -0.1) is 11.3 Å². The molecule has 1 aliphatic rings. The van der Waals surface area contributed by atoms with Gasteiger partial charge in [0.25, 0.3) is 5.91 Å². The van der Waals surface area contributed by atoms with E-state index in [1.807, 2.05) is 44.2 Å². The van der Waals surface area contributed by atoms with Crippen LogP contribution in [0.5, 0.6) is 0 Å². The lowest BCUT2D eigenvalue weighted by atomic mass is 9.89. The normalized spacial score (nSPS) is 18.2. The van der Waals surface area contributed by atoms with Crippen molar-refractivity contribution in [2.45, 2.75) is 32.4 Å². The standard InChI is InChI=1S/C23H20ClNO3S/c1-14-3-6-16(7-4-14)13-25-19-9-8-17(24)11-18(19)23(28,22(25)27)12-20(26)21-10-5-15(2)29-21/h3-11,28H,12-13H2,1-2H3/t23-/m1/s1. The monoisotopic (exact) mass is 425 g/mol. The van der Waals surface area contributed by atoms with Gasteiger partial charge in [0.15, 0.2) is 11.4 Å². The Balaban J connectivity index is 1.71. The number of carbonyl (C=O) groups excluding carboxylic acids is 2. The molecular weight excluding hydrogens is 406 g/mol. The Morgan fingerprint density at radius 3 is 2.48 bits per heavy atom. The average Bonchev–Trinajstić information content (AvgIpc) is 3.20. The number of anilines is 1. The number of halogens is 1. The molecule has 148 valence electrons. The first-order valence-corrected chi connectivity index (χ1v) is 10.5. The Labute approximate surface area is 178 Å². The van der Waals surface area contributed by atoms with Gasteiger partial charge in [0.2, 0.25) is 0 Å². The molecule has 0 bridgehead atoms. The topological polar surface area (TPSA) is 57.6 Å². The van der Waals surface area contributed by atoms with Gasteiger partial charge in [-0.1, -0.05) is 41.4 Å². The van der Waals surface area contributed by atoms with Crippen LogP contribution < -0.4 is 4.90 Å². The molecule has 4 rings (SSSR count). The second-order valence-electron chi connectivity index (χ2n) is 7.41. The van der Waals surface area contributed by atoms with E-state index in [2.05, 4.69) is 0 Å². The van der Waals surface area contributed by atoms with Gasteiger partial charge in [0, 0.05) is 15.5 Å². The maximum Gasteiger partial charge on any atom is 0.264 e. The van der Waals surface area contributed by atoms with Crippen LogP contribution in [0, 0.1) is 13.8 Å². The van der Waals surface area contributed by atoms with Crippen LogP contribution >= 0.6 is 22.9 Å². The highest BCUT2D eigenvalue weighted by molar-refractivity contribution is 7.14. The molecule has 2 heterocycles. The molecule has 29 heavy (non-hydrogen) atoms. The van der Waals surface area contributed by atoms with Gasteiger partial charge in [0.1, 0.15) is 0 Å². The summed E-state index contributed by atoms with van der Waals surface area (Å²) >= 11 is 7.51. The van der Waals surface area contributed by atoms with Gasteiger partial charge in [-0.2, -0.15) is 0 Å². The Hall–Kier alpha value is -2.47. The van der Waals surface area contributed by atoms with E-state index >= 15 is 0 Å². The second kappa shape index (κ2) is 7.41. The van der Waals surface area contributed by atoms with Crippen LogP contribution in [-0.4, -0.2) is 16.8 Å². The first kappa shape index (κ1) is 19.8. The predicted octanol–water partition coefficient (Wildman–Crippen LogP) is 5.03. The number of benzene rings is 2. The molecule has 0 unspecified atom stereocenters. The highest BCUT2D eigenvalue weighted by Gasteiger charge is 2.51. The summed E-state index contributed by atoms with van der Waals surface area (Å²) in [5, 5.41) is 11.8. The van der Waals surface area contributed by atoms with Crippen LogP contribution in [0.4, 0.5) is 5.69 Å². The van der Waals surface area contributed by atoms with Crippen molar-refractivity contribution in [3.63, 3.8) is 0 Å². The largest absolute Gasteiger partial charge is 0.375 e. The third-order valence-electron chi connectivity index (χ3n) is 5.19. The summed E-state index contributed by atoms with van der Waals surface area (Å²) in [4.78, 5) is 29.2. The molecule has 2 aromatic carbocycles. The summed E-state index contributed by atoms with van der Waals surface area (Å²) in [7, 11) is 0. The average molecular weight is 426 g/mol. The zero-order valence-corrected chi connectivity index (χ0v) is 17.7. The fourth-order valence-electron chi connectivity index (χ4n) is 3.63. The van der Waals surface area contributed by atoms with Crippen molar-refractivity contribution in [3.05, 3.63) is 86.1 Å². The minimum Gasteiger partial charge on any atom is -0.375 e. The lowest BCUT2D eigenvalue weighted by Gasteiger charge is -2.22. The number of thiophene rings is 1. The minimum atomic E-state index is -1.93. The van der Waals surface area contributed by atoms with Gasteiger partial charge in [0.05, 0.1) is 23.5 Å². The van der Waals surface area contributed by atoms with Crippen LogP contribution in [0.3, 0.4) is 0 Å². The molecule has 1 N–H and O–H groups in total. The lowest BCUT2D eigenvalue weighted by Crippen LogP contribution is -2.41. The van der Waals surface area contributed by atoms with E-state index in [9.17, 15) is 14.7 Å². The number of rotatable bonds is 5. The van der Waals surface area contributed by atoms with Gasteiger partial charge >= 0.3 is 0 Å². The molecule has 0 radical (unpaired) electrons. The van der Waals surface area contributed by atoms with Crippen molar-refractivity contribution in [2.24, 2.45) is 0 Å². The van der Waals surface area contributed by atoms with E-state index in [1.54, 1.807) is 24.3 Å². The maximum absolute atomic E-state index is 13.3. The van der Waals surface area contributed by atoms with Crippen LogP contribution in [0.1, 0.15) is 37.7 Å². The van der Waals surface area contributed by atoms with Gasteiger partial charge in [-0.25, -0.2) is 0 Å². The molecule has 1 atom stereocenters. The minimum absolute atomic E-state index is 0.262. The second-order valence-corrected chi connectivity index (χ2v) is 9.13. The molecular formula is C23H20ClNO3S. The summed E-state index contributed by atoms with van der Waals surface area (Å²) < 4.78 is 0. The molecule has 1 aliphatic heterocycles. The quantitative estimate of drug-likeness (QED) is 0.583. The van der Waals surface area contributed by atoms with Crippen molar-refractivity contribution >= 4 is 40.3 Å². The molecule has 1 amide bonds. The van der Waals surface area contributed by atoms with Gasteiger partial charge in [-0.3, -0.25) is 9.59 Å². The number of aryl methyl sites for hydroxylation is 2. The Morgan fingerprint density at radius 1 is 1.10 bits per heavy atom. The van der Waals surface area contributed by atoms with Gasteiger partial charge < -0.3 is 10.0 Å². The lowest BCUT2D eigenvalue weighted by molar-refractivity contribution is -0.136. The van der Waals surface area contributed by atoms with E-state index in [4.69, 9.17) is 11.6 Å². The van der Waals surface area contributed by atoms with Crippen molar-refractivity contribution in [2.75, 3.05) is 4.90 Å². The highest BCUT2D eigenvalue weighted by atomic mass is 35.5. The van der Waals surface area contributed by atoms with E-state index in [-0.39, 0.29) is 12.2 Å². The zero-order chi connectivity index (χ0) is 20.8. The fraction of sp³-hybridized carbons (Fsp3) is 0.217. The number of hydrogen-bond acceptors (Lipinski definition) is 4. The van der Waals surface area contributed by atoms with E-state index < -0.39 is 11.5 Å². The zero-order valence-electron chi connectivity index (χ0n) is 16.1. The van der Waals surface area contributed by atoms with Crippen molar-refractivity contribution in [1.82, 2.24) is 0 Å². The molecule has 0 fully saturated rings. The molecule has 0 aliphatic carbocycles. The Kier molecular flexibility index (Phi) is 5.07. The third kappa shape index (κ3) is 3.62. The van der Waals surface area contributed by atoms with Crippen LogP contribution in [0.2, 0.25) is 5.02 Å². The third-order valence-corrected chi connectivity index (χ3v) is 6.46. The summed E-state index contributed by atoms with van der Waals surface area (Å²) in [6.07, 6.45) is -0.316. The summed E-state index contributed by atoms with van der Waals surface area (Å²) in [5.74, 6) is -0.765. The summed E-state index contributed by atoms with van der Waals surface area (Å²) in [6, 6.07) is 16.4. The number of ketones is 1. The summed E-state index contributed by atoms with van der Waals surface area (Å²) in [6.45, 7) is 4.22. The first-order valence-electron chi connectivity index (χ1n) is 9.27. The number of Topliss-reactive ketones (excluding diaryl/α,β-unsaturated/α-hetero) is 1. The highest BCUT2D eigenvalue weighted by Crippen LogP contribution is 2.45. The smallest absolute Gasteiger partial charge is 0.264 e. The number of hydrogen-bond donors (Lipinski definition) is 1. The van der Waals surface area contributed by atoms with E-state index in [1.165, 1.54) is 16.2 Å². The van der Waals surface area contributed by atoms with E-state index in [0.29, 0.717) is 27.7 Å². The van der Waals surface area contributed by atoms with Crippen LogP contribution in [0.25, 0.3) is 0 Å². The molecule has 0 saturated carbocycles. The number of nitrogens with zero attached hydrogens (tertiary/aromatic N) is 1. The number of aliphatic hydroxyl groups is 1. The first-order chi connectivity index (χ1) is 13.8. The SMILES string of the molecule is Cc1ccc(CN2C(=O)[C@@](O)(CC(=O)c3ccc(C)s3)c3cc(Cl)ccc32)cc1. The van der Waals surface area contributed by atoms with Crippen LogP contribution in [-0.2, 0) is 16.9 Å².